The van der Waals surface area contributed by atoms with Crippen molar-refractivity contribution in [1.29, 1.82) is 0 Å². The number of sulfone groups is 1. The summed E-state index contributed by atoms with van der Waals surface area (Å²) in [6.07, 6.45) is 1.21. The summed E-state index contributed by atoms with van der Waals surface area (Å²) in [7, 11) is -6.43. The molecule has 4 rings (SSSR count). The van der Waals surface area contributed by atoms with Gasteiger partial charge in [-0.05, 0) is 67.2 Å². The maximum atomic E-state index is 14.9. The number of likely N-dealkylation sites (N-methyl/N-ethyl adjacent to an activating group) is 1. The maximum absolute atomic E-state index is 14.9. The van der Waals surface area contributed by atoms with Gasteiger partial charge in [0.25, 0.3) is 0 Å². The quantitative estimate of drug-likeness (QED) is 0.478. The van der Waals surface area contributed by atoms with Crippen molar-refractivity contribution in [1.82, 2.24) is 14.2 Å². The number of hydrogen-bond acceptors (Lipinski definition) is 6. The van der Waals surface area contributed by atoms with Gasteiger partial charge in [0.15, 0.2) is 9.84 Å². The molecule has 13 heteroatoms. The van der Waals surface area contributed by atoms with E-state index < -0.39 is 42.5 Å². The van der Waals surface area contributed by atoms with Gasteiger partial charge in [-0.15, -0.1) is 0 Å². The minimum atomic E-state index is -4.34. The molecular formula is C23H23ClF2N4O4S2. The lowest BCUT2D eigenvalue weighted by Gasteiger charge is -2.31. The smallest absolute Gasteiger partial charge is 0.302 e. The van der Waals surface area contributed by atoms with Crippen molar-refractivity contribution < 1.29 is 25.6 Å². The molecule has 0 spiro atoms. The monoisotopic (exact) mass is 556 g/mol. The standard InChI is InChI=1S/C23H23ClF2N4O4S2/c1-29-10-12-30(13-11-29)36(33,34)28-22-14-16(8-9-27-22)23(20-15-18(25)4-7-21(20)26)35(31,32)19-5-2-17(24)3-6-19/h2-9,14-15,23H,10-13H2,1H3,(H,27,28). The summed E-state index contributed by atoms with van der Waals surface area (Å²) >= 11 is 5.89. The second-order valence-electron chi connectivity index (χ2n) is 8.33. The lowest BCUT2D eigenvalue weighted by Crippen LogP contribution is -2.48. The second kappa shape index (κ2) is 10.4. The number of nitrogens with zero attached hydrogens (tertiary/aromatic N) is 3. The Balaban J connectivity index is 1.77. The Bertz CT molecular complexity index is 1460. The largest absolute Gasteiger partial charge is 0.304 e. The Hall–Kier alpha value is -2.64. The van der Waals surface area contributed by atoms with Crippen LogP contribution in [0.3, 0.4) is 0 Å². The number of rotatable bonds is 7. The van der Waals surface area contributed by atoms with Crippen LogP contribution in [0.1, 0.15) is 16.4 Å². The summed E-state index contributed by atoms with van der Waals surface area (Å²) in [5.74, 6) is -1.91. The van der Waals surface area contributed by atoms with E-state index >= 15 is 0 Å². The van der Waals surface area contributed by atoms with Crippen LogP contribution in [0.5, 0.6) is 0 Å². The van der Waals surface area contributed by atoms with Crippen LogP contribution in [-0.2, 0) is 20.0 Å². The molecular weight excluding hydrogens is 534 g/mol. The maximum Gasteiger partial charge on any atom is 0.302 e. The lowest BCUT2D eigenvalue weighted by molar-refractivity contribution is 0.223. The van der Waals surface area contributed by atoms with E-state index in [1.807, 2.05) is 11.9 Å². The molecule has 36 heavy (non-hydrogen) atoms. The second-order valence-corrected chi connectivity index (χ2v) is 12.5. The van der Waals surface area contributed by atoms with E-state index in [4.69, 9.17) is 11.6 Å². The molecule has 0 radical (unpaired) electrons. The summed E-state index contributed by atoms with van der Waals surface area (Å²) in [6, 6.07) is 10.3. The van der Waals surface area contributed by atoms with Crippen LogP contribution < -0.4 is 4.72 Å². The molecule has 1 atom stereocenters. The molecule has 192 valence electrons. The van der Waals surface area contributed by atoms with Gasteiger partial charge in [0, 0.05) is 43.0 Å². The molecule has 1 saturated heterocycles. The molecule has 1 aliphatic heterocycles. The fourth-order valence-electron chi connectivity index (χ4n) is 3.89. The van der Waals surface area contributed by atoms with Crippen LogP contribution in [-0.4, -0.2) is 64.3 Å². The van der Waals surface area contributed by atoms with Crippen LogP contribution in [0.15, 0.2) is 65.7 Å². The molecule has 0 saturated carbocycles. The van der Waals surface area contributed by atoms with E-state index in [1.54, 1.807) is 0 Å². The van der Waals surface area contributed by atoms with Crippen molar-refractivity contribution in [3.05, 3.63) is 88.6 Å². The van der Waals surface area contributed by atoms with Crippen LogP contribution in [0.2, 0.25) is 5.02 Å². The zero-order valence-electron chi connectivity index (χ0n) is 19.1. The third-order valence-electron chi connectivity index (χ3n) is 5.82. The van der Waals surface area contributed by atoms with Gasteiger partial charge in [-0.2, -0.15) is 12.7 Å². The van der Waals surface area contributed by atoms with E-state index in [9.17, 15) is 25.6 Å². The number of pyridine rings is 1. The average Bonchev–Trinajstić information content (AvgIpc) is 2.82. The molecule has 2 aromatic carbocycles. The number of nitrogens with one attached hydrogen (secondary N) is 1. The van der Waals surface area contributed by atoms with Crippen molar-refractivity contribution in [3.8, 4) is 0 Å². The summed E-state index contributed by atoms with van der Waals surface area (Å²) in [5.41, 5.74) is -0.426. The SMILES string of the molecule is CN1CCN(S(=O)(=O)Nc2cc(C(c3cc(F)ccc3F)S(=O)(=O)c3ccc(Cl)cc3)ccn2)CC1. The first-order valence-electron chi connectivity index (χ1n) is 10.8. The highest BCUT2D eigenvalue weighted by molar-refractivity contribution is 7.92. The highest BCUT2D eigenvalue weighted by Crippen LogP contribution is 2.37. The number of halogens is 3. The van der Waals surface area contributed by atoms with E-state index in [-0.39, 0.29) is 29.4 Å². The Labute approximate surface area is 213 Å². The summed E-state index contributed by atoms with van der Waals surface area (Å²) in [5, 5.41) is -1.39. The predicted octanol–water partition coefficient (Wildman–Crippen LogP) is 3.48. The van der Waals surface area contributed by atoms with Gasteiger partial charge in [0.2, 0.25) is 0 Å². The molecule has 1 unspecified atom stereocenters. The van der Waals surface area contributed by atoms with Crippen molar-refractivity contribution in [2.45, 2.75) is 10.1 Å². The number of anilines is 1. The van der Waals surface area contributed by atoms with Crippen molar-refractivity contribution in [3.63, 3.8) is 0 Å². The van der Waals surface area contributed by atoms with Gasteiger partial charge in [-0.3, -0.25) is 4.72 Å². The van der Waals surface area contributed by atoms with E-state index in [1.165, 1.54) is 46.9 Å². The fraction of sp³-hybridized carbons (Fsp3) is 0.261. The van der Waals surface area contributed by atoms with Crippen LogP contribution >= 0.6 is 11.6 Å². The topological polar surface area (TPSA) is 99.7 Å². The van der Waals surface area contributed by atoms with Gasteiger partial charge >= 0.3 is 10.2 Å². The van der Waals surface area contributed by atoms with Gasteiger partial charge < -0.3 is 4.90 Å². The molecule has 0 bridgehead atoms. The number of aromatic nitrogens is 1. The molecule has 1 N–H and O–H groups in total. The predicted molar refractivity (Wildman–Crippen MR) is 133 cm³/mol. The minimum Gasteiger partial charge on any atom is -0.304 e. The van der Waals surface area contributed by atoms with Crippen LogP contribution in [0.4, 0.5) is 14.6 Å². The van der Waals surface area contributed by atoms with Crippen molar-refractivity contribution in [2.24, 2.45) is 0 Å². The van der Waals surface area contributed by atoms with Gasteiger partial charge in [0.1, 0.15) is 22.7 Å². The molecule has 1 aromatic heterocycles. The highest BCUT2D eigenvalue weighted by Gasteiger charge is 2.34. The summed E-state index contributed by atoms with van der Waals surface area (Å²) < 4.78 is 85.7. The first-order chi connectivity index (χ1) is 17.0. The highest BCUT2D eigenvalue weighted by atomic mass is 35.5. The molecule has 8 nitrogen and oxygen atoms in total. The average molecular weight is 557 g/mol. The molecule has 1 aliphatic rings. The summed E-state index contributed by atoms with van der Waals surface area (Å²) in [4.78, 5) is 5.83. The fourth-order valence-corrected chi connectivity index (χ4v) is 6.98. The molecule has 1 fully saturated rings. The number of piperazine rings is 1. The van der Waals surface area contributed by atoms with Gasteiger partial charge in [0.05, 0.1) is 4.90 Å². The van der Waals surface area contributed by atoms with Crippen LogP contribution in [0, 0.1) is 11.6 Å². The molecule has 0 aliphatic carbocycles. The number of benzene rings is 2. The first-order valence-corrected chi connectivity index (χ1v) is 14.2. The van der Waals surface area contributed by atoms with E-state index in [2.05, 4.69) is 9.71 Å². The first kappa shape index (κ1) is 26.4. The third-order valence-corrected chi connectivity index (χ3v) is 9.66. The zero-order valence-corrected chi connectivity index (χ0v) is 21.5. The van der Waals surface area contributed by atoms with E-state index in [0.29, 0.717) is 18.1 Å². The molecule has 3 aromatic rings. The van der Waals surface area contributed by atoms with Gasteiger partial charge in [-0.25, -0.2) is 22.2 Å². The Morgan fingerprint density at radius 3 is 2.28 bits per heavy atom. The lowest BCUT2D eigenvalue weighted by atomic mass is 10.0. The van der Waals surface area contributed by atoms with E-state index in [0.717, 1.165) is 18.2 Å². The number of hydrogen-bond donors (Lipinski definition) is 1. The molecule has 2 heterocycles. The summed E-state index contributed by atoms with van der Waals surface area (Å²) in [6.45, 7) is 1.64. The minimum absolute atomic E-state index is 0.000488. The third kappa shape index (κ3) is 5.68. The van der Waals surface area contributed by atoms with Crippen LogP contribution in [0.25, 0.3) is 0 Å². The van der Waals surface area contributed by atoms with Crippen molar-refractivity contribution in [2.75, 3.05) is 37.9 Å². The normalized spacial score (nSPS) is 16.6. The Morgan fingerprint density at radius 2 is 1.61 bits per heavy atom. The molecule has 0 amide bonds. The van der Waals surface area contributed by atoms with Crippen molar-refractivity contribution >= 4 is 37.5 Å². The Kier molecular flexibility index (Phi) is 7.62. The van der Waals surface area contributed by atoms with Gasteiger partial charge in [-0.1, -0.05) is 11.6 Å². The zero-order chi connectivity index (χ0) is 26.1. The Morgan fingerprint density at radius 1 is 0.944 bits per heavy atom.